The maximum Gasteiger partial charge on any atom is 0.237 e. The molecule has 0 aliphatic carbocycles. The number of hydrogen-bond acceptors (Lipinski definition) is 3. The van der Waals surface area contributed by atoms with Crippen LogP contribution >= 0.6 is 0 Å². The maximum absolute atomic E-state index is 12.0. The Labute approximate surface area is 104 Å². The first-order valence-electron chi connectivity index (χ1n) is 6.61. The van der Waals surface area contributed by atoms with Gasteiger partial charge < -0.3 is 10.6 Å². The van der Waals surface area contributed by atoms with E-state index in [1.54, 1.807) is 0 Å². The number of nitriles is 1. The van der Waals surface area contributed by atoms with Crippen molar-refractivity contribution in [1.29, 1.82) is 5.26 Å². The highest BCUT2D eigenvalue weighted by atomic mass is 16.2. The van der Waals surface area contributed by atoms with Gasteiger partial charge in [-0.25, -0.2) is 0 Å². The summed E-state index contributed by atoms with van der Waals surface area (Å²) in [5.74, 6) is 0.716. The lowest BCUT2D eigenvalue weighted by Crippen LogP contribution is -2.51. The van der Waals surface area contributed by atoms with Gasteiger partial charge in [0.1, 0.15) is 0 Å². The first-order valence-corrected chi connectivity index (χ1v) is 6.61. The molecule has 1 fully saturated rings. The van der Waals surface area contributed by atoms with Crippen molar-refractivity contribution in [3.8, 4) is 6.07 Å². The van der Waals surface area contributed by atoms with Gasteiger partial charge in [0.25, 0.3) is 0 Å². The van der Waals surface area contributed by atoms with Crippen LogP contribution < -0.4 is 10.6 Å². The van der Waals surface area contributed by atoms with Crippen LogP contribution in [0.15, 0.2) is 0 Å². The second-order valence-electron chi connectivity index (χ2n) is 4.78. The summed E-state index contributed by atoms with van der Waals surface area (Å²) < 4.78 is 0. The fourth-order valence-corrected chi connectivity index (χ4v) is 2.28. The van der Waals surface area contributed by atoms with Crippen molar-refractivity contribution in [2.75, 3.05) is 6.54 Å². The second kappa shape index (κ2) is 7.29. The predicted molar refractivity (Wildman–Crippen MR) is 67.3 cm³/mol. The Morgan fingerprint density at radius 2 is 2.35 bits per heavy atom. The van der Waals surface area contributed by atoms with Crippen LogP contribution in [0, 0.1) is 17.2 Å². The standard InChI is InChI=1S/C13H23N3O/c1-3-10-6-8-15-12(9-10)13(17)16-11(4-2)5-7-14/h10-12,15H,3-6,8-9H2,1-2H3,(H,16,17). The Morgan fingerprint density at radius 3 is 2.94 bits per heavy atom. The van der Waals surface area contributed by atoms with Crippen molar-refractivity contribution in [1.82, 2.24) is 10.6 Å². The van der Waals surface area contributed by atoms with Gasteiger partial charge in [-0.05, 0) is 31.7 Å². The quantitative estimate of drug-likeness (QED) is 0.763. The second-order valence-corrected chi connectivity index (χ2v) is 4.78. The molecule has 0 aromatic rings. The van der Waals surface area contributed by atoms with Crippen molar-refractivity contribution in [3.63, 3.8) is 0 Å². The van der Waals surface area contributed by atoms with Gasteiger partial charge >= 0.3 is 0 Å². The van der Waals surface area contributed by atoms with Gasteiger partial charge in [-0.15, -0.1) is 0 Å². The minimum absolute atomic E-state index is 0.00342. The summed E-state index contributed by atoms with van der Waals surface area (Å²) in [7, 11) is 0. The van der Waals surface area contributed by atoms with Crippen LogP contribution in [0.1, 0.15) is 46.0 Å². The van der Waals surface area contributed by atoms with E-state index in [9.17, 15) is 4.79 Å². The number of rotatable bonds is 5. The molecule has 1 saturated heterocycles. The molecule has 0 radical (unpaired) electrons. The molecule has 1 aliphatic rings. The lowest BCUT2D eigenvalue weighted by molar-refractivity contribution is -0.124. The van der Waals surface area contributed by atoms with Crippen LogP contribution in [0.3, 0.4) is 0 Å². The van der Waals surface area contributed by atoms with E-state index < -0.39 is 0 Å². The number of carbonyl (C=O) groups is 1. The molecule has 0 aromatic heterocycles. The van der Waals surface area contributed by atoms with Crippen LogP contribution in [0.5, 0.6) is 0 Å². The monoisotopic (exact) mass is 237 g/mol. The Balaban J connectivity index is 2.43. The number of hydrogen-bond donors (Lipinski definition) is 2. The van der Waals surface area contributed by atoms with Gasteiger partial charge in [0.15, 0.2) is 0 Å². The highest BCUT2D eigenvalue weighted by molar-refractivity contribution is 5.82. The molecule has 0 aromatic carbocycles. The van der Waals surface area contributed by atoms with E-state index >= 15 is 0 Å². The Kier molecular flexibility index (Phi) is 5.99. The molecule has 0 spiro atoms. The van der Waals surface area contributed by atoms with Crippen molar-refractivity contribution in [3.05, 3.63) is 0 Å². The third kappa shape index (κ3) is 4.35. The Morgan fingerprint density at radius 1 is 1.59 bits per heavy atom. The predicted octanol–water partition coefficient (Wildman–Crippen LogP) is 1.57. The van der Waals surface area contributed by atoms with E-state index in [-0.39, 0.29) is 18.0 Å². The molecular weight excluding hydrogens is 214 g/mol. The molecule has 1 amide bonds. The molecule has 17 heavy (non-hydrogen) atoms. The average Bonchev–Trinajstić information content (AvgIpc) is 2.38. The van der Waals surface area contributed by atoms with E-state index in [1.807, 2.05) is 6.92 Å². The van der Waals surface area contributed by atoms with E-state index in [0.29, 0.717) is 12.3 Å². The number of amides is 1. The van der Waals surface area contributed by atoms with E-state index in [0.717, 1.165) is 32.2 Å². The lowest BCUT2D eigenvalue weighted by Gasteiger charge is -2.29. The fourth-order valence-electron chi connectivity index (χ4n) is 2.28. The molecule has 1 rings (SSSR count). The third-order valence-electron chi connectivity index (χ3n) is 3.58. The zero-order valence-electron chi connectivity index (χ0n) is 10.8. The molecule has 1 heterocycles. The normalized spacial score (nSPS) is 25.9. The molecule has 3 atom stereocenters. The molecule has 4 nitrogen and oxygen atoms in total. The molecule has 0 saturated carbocycles. The van der Waals surface area contributed by atoms with Crippen LogP contribution in [-0.2, 0) is 4.79 Å². The minimum atomic E-state index is -0.0681. The fraction of sp³-hybridized carbons (Fsp3) is 0.846. The van der Waals surface area contributed by atoms with Crippen molar-refractivity contribution in [2.24, 2.45) is 5.92 Å². The molecule has 4 heteroatoms. The van der Waals surface area contributed by atoms with Crippen LogP contribution in [0.4, 0.5) is 0 Å². The summed E-state index contributed by atoms with van der Waals surface area (Å²) in [4.78, 5) is 12.0. The number of nitrogens with zero attached hydrogens (tertiary/aromatic N) is 1. The van der Waals surface area contributed by atoms with E-state index in [4.69, 9.17) is 5.26 Å². The van der Waals surface area contributed by atoms with Crippen molar-refractivity contribution >= 4 is 5.91 Å². The molecule has 2 N–H and O–H groups in total. The first kappa shape index (κ1) is 14.0. The zero-order valence-corrected chi connectivity index (χ0v) is 10.8. The maximum atomic E-state index is 12.0. The lowest BCUT2D eigenvalue weighted by atomic mass is 9.90. The SMILES string of the molecule is CCC1CCNC(C(=O)NC(CC)CC#N)C1. The minimum Gasteiger partial charge on any atom is -0.351 e. The number of piperidine rings is 1. The summed E-state index contributed by atoms with van der Waals surface area (Å²) in [5, 5.41) is 14.9. The van der Waals surface area contributed by atoms with E-state index in [2.05, 4.69) is 23.6 Å². The molecule has 1 aliphatic heterocycles. The Hall–Kier alpha value is -1.08. The molecular formula is C13H23N3O. The van der Waals surface area contributed by atoms with Crippen LogP contribution in [0.2, 0.25) is 0 Å². The summed E-state index contributed by atoms with van der Waals surface area (Å²) >= 11 is 0. The number of carbonyl (C=O) groups excluding carboxylic acids is 1. The van der Waals surface area contributed by atoms with Crippen LogP contribution in [0.25, 0.3) is 0 Å². The van der Waals surface area contributed by atoms with Gasteiger partial charge in [0, 0.05) is 6.04 Å². The van der Waals surface area contributed by atoms with E-state index in [1.165, 1.54) is 0 Å². The molecule has 0 bridgehead atoms. The van der Waals surface area contributed by atoms with Crippen molar-refractivity contribution in [2.45, 2.75) is 58.0 Å². The van der Waals surface area contributed by atoms with Crippen LogP contribution in [-0.4, -0.2) is 24.5 Å². The highest BCUT2D eigenvalue weighted by Gasteiger charge is 2.26. The number of nitrogens with one attached hydrogen (secondary N) is 2. The third-order valence-corrected chi connectivity index (χ3v) is 3.58. The van der Waals surface area contributed by atoms with Gasteiger partial charge in [-0.1, -0.05) is 20.3 Å². The zero-order chi connectivity index (χ0) is 12.7. The molecule has 3 unspecified atom stereocenters. The first-order chi connectivity index (χ1) is 8.21. The average molecular weight is 237 g/mol. The summed E-state index contributed by atoms with van der Waals surface area (Å²) in [6, 6.07) is 2.04. The van der Waals surface area contributed by atoms with Gasteiger partial charge in [-0.2, -0.15) is 5.26 Å². The summed E-state index contributed by atoms with van der Waals surface area (Å²) in [6.45, 7) is 5.09. The van der Waals surface area contributed by atoms with Gasteiger partial charge in [0.2, 0.25) is 5.91 Å². The highest BCUT2D eigenvalue weighted by Crippen LogP contribution is 2.19. The van der Waals surface area contributed by atoms with Gasteiger partial charge in [0.05, 0.1) is 18.5 Å². The molecule has 96 valence electrons. The largest absolute Gasteiger partial charge is 0.351 e. The summed E-state index contributed by atoms with van der Waals surface area (Å²) in [6.07, 6.45) is 4.43. The smallest absolute Gasteiger partial charge is 0.237 e. The van der Waals surface area contributed by atoms with Crippen molar-refractivity contribution < 1.29 is 4.79 Å². The summed E-state index contributed by atoms with van der Waals surface area (Å²) in [5.41, 5.74) is 0. The topological polar surface area (TPSA) is 64.9 Å². The Bertz CT molecular complexity index is 285. The van der Waals surface area contributed by atoms with Gasteiger partial charge in [-0.3, -0.25) is 4.79 Å².